The molecule has 27 heavy (non-hydrogen) atoms. The average Bonchev–Trinajstić information content (AvgIpc) is 2.68. The van der Waals surface area contributed by atoms with Crippen LogP contribution in [0, 0.1) is 0 Å². The van der Waals surface area contributed by atoms with Gasteiger partial charge in [-0.25, -0.2) is 4.98 Å². The normalized spacial score (nSPS) is 11.0. The minimum absolute atomic E-state index is 0.210. The van der Waals surface area contributed by atoms with Crippen LogP contribution in [0.4, 0.5) is 0 Å². The van der Waals surface area contributed by atoms with Gasteiger partial charge in [-0.1, -0.05) is 54.1 Å². The van der Waals surface area contributed by atoms with Gasteiger partial charge in [0.2, 0.25) is 0 Å². The molecular formula is C23H18ClNO2. The van der Waals surface area contributed by atoms with Crippen LogP contribution >= 0.6 is 11.6 Å². The Labute approximate surface area is 162 Å². The van der Waals surface area contributed by atoms with Crippen LogP contribution in [0.2, 0.25) is 5.02 Å². The fourth-order valence-corrected chi connectivity index (χ4v) is 3.49. The van der Waals surface area contributed by atoms with Crippen molar-refractivity contribution in [2.24, 2.45) is 0 Å². The summed E-state index contributed by atoms with van der Waals surface area (Å²) in [7, 11) is 0. The van der Waals surface area contributed by atoms with Gasteiger partial charge in [0.15, 0.2) is 0 Å². The number of hydrogen-bond donors (Lipinski definition) is 0. The molecule has 0 aliphatic carbocycles. The van der Waals surface area contributed by atoms with Crippen molar-refractivity contribution >= 4 is 39.2 Å². The van der Waals surface area contributed by atoms with Gasteiger partial charge in [0.1, 0.15) is 0 Å². The summed E-state index contributed by atoms with van der Waals surface area (Å²) in [6, 6.07) is 21.7. The highest BCUT2D eigenvalue weighted by molar-refractivity contribution is 6.30. The van der Waals surface area contributed by atoms with Crippen molar-refractivity contribution in [3.63, 3.8) is 0 Å². The Hall–Kier alpha value is -2.91. The van der Waals surface area contributed by atoms with E-state index in [0.717, 1.165) is 38.5 Å². The van der Waals surface area contributed by atoms with Gasteiger partial charge < -0.3 is 4.74 Å². The van der Waals surface area contributed by atoms with E-state index in [-0.39, 0.29) is 12.4 Å². The lowest BCUT2D eigenvalue weighted by Crippen LogP contribution is -2.08. The summed E-state index contributed by atoms with van der Waals surface area (Å²) in [5.74, 6) is -0.236. The molecule has 4 rings (SSSR count). The third-order valence-electron chi connectivity index (χ3n) is 4.56. The molecule has 0 saturated heterocycles. The quantitative estimate of drug-likeness (QED) is 0.333. The van der Waals surface area contributed by atoms with E-state index in [1.165, 1.54) is 0 Å². The van der Waals surface area contributed by atoms with Crippen LogP contribution in [0.3, 0.4) is 0 Å². The lowest BCUT2D eigenvalue weighted by Gasteiger charge is -2.12. The van der Waals surface area contributed by atoms with Crippen molar-refractivity contribution < 1.29 is 9.53 Å². The Morgan fingerprint density at radius 1 is 1.04 bits per heavy atom. The van der Waals surface area contributed by atoms with Crippen LogP contribution in [0.1, 0.15) is 12.5 Å². The lowest BCUT2D eigenvalue weighted by atomic mass is 9.97. The predicted octanol–water partition coefficient (Wildman–Crippen LogP) is 5.81. The summed E-state index contributed by atoms with van der Waals surface area (Å²) in [6.07, 6.45) is 0.210. The van der Waals surface area contributed by atoms with Gasteiger partial charge in [0.05, 0.1) is 24.2 Å². The highest BCUT2D eigenvalue weighted by Crippen LogP contribution is 2.31. The molecule has 0 amide bonds. The zero-order valence-corrected chi connectivity index (χ0v) is 15.7. The van der Waals surface area contributed by atoms with Crippen LogP contribution in [0.5, 0.6) is 0 Å². The van der Waals surface area contributed by atoms with Gasteiger partial charge in [-0.05, 0) is 47.5 Å². The van der Waals surface area contributed by atoms with Gasteiger partial charge >= 0.3 is 5.97 Å². The Morgan fingerprint density at radius 2 is 1.81 bits per heavy atom. The number of halogens is 1. The number of aromatic nitrogens is 1. The molecule has 0 unspecified atom stereocenters. The molecule has 0 radical (unpaired) electrons. The van der Waals surface area contributed by atoms with Crippen LogP contribution in [0.25, 0.3) is 32.9 Å². The second-order valence-corrected chi connectivity index (χ2v) is 6.77. The Bertz CT molecular complexity index is 1140. The smallest absolute Gasteiger partial charge is 0.310 e. The van der Waals surface area contributed by atoms with Crippen molar-refractivity contribution in [3.8, 4) is 11.3 Å². The Morgan fingerprint density at radius 3 is 2.59 bits per heavy atom. The average molecular weight is 376 g/mol. The molecule has 4 aromatic rings. The minimum atomic E-state index is -0.236. The van der Waals surface area contributed by atoms with Crippen LogP contribution in [-0.2, 0) is 16.0 Å². The van der Waals surface area contributed by atoms with Crippen molar-refractivity contribution in [1.29, 1.82) is 0 Å². The molecule has 134 valence electrons. The highest BCUT2D eigenvalue weighted by atomic mass is 35.5. The monoisotopic (exact) mass is 375 g/mol. The van der Waals surface area contributed by atoms with Crippen molar-refractivity contribution in [2.45, 2.75) is 13.3 Å². The number of rotatable bonds is 4. The number of nitrogens with zero attached hydrogens (tertiary/aromatic N) is 1. The molecule has 0 N–H and O–H groups in total. The molecule has 0 spiro atoms. The standard InChI is InChI=1S/C23H18ClNO2/c1-2-27-22(26)14-17-13-21(16-7-10-18(24)11-8-16)25-20-12-9-15-5-3-4-6-19(15)23(17)20/h3-13H,2,14H2,1H3. The first-order valence-corrected chi connectivity index (χ1v) is 9.26. The zero-order valence-electron chi connectivity index (χ0n) is 14.9. The van der Waals surface area contributed by atoms with Crippen LogP contribution in [0.15, 0.2) is 66.7 Å². The number of pyridine rings is 1. The number of esters is 1. The van der Waals surface area contributed by atoms with E-state index in [2.05, 4.69) is 18.2 Å². The molecule has 0 aliphatic heterocycles. The number of carbonyl (C=O) groups excluding carboxylic acids is 1. The third-order valence-corrected chi connectivity index (χ3v) is 4.81. The largest absolute Gasteiger partial charge is 0.466 e. The molecule has 4 heteroatoms. The summed E-state index contributed by atoms with van der Waals surface area (Å²) >= 11 is 6.01. The van der Waals surface area contributed by atoms with E-state index in [4.69, 9.17) is 21.3 Å². The van der Waals surface area contributed by atoms with Gasteiger partial charge in [-0.2, -0.15) is 0 Å². The highest BCUT2D eigenvalue weighted by Gasteiger charge is 2.14. The number of carbonyl (C=O) groups is 1. The van der Waals surface area contributed by atoms with E-state index in [9.17, 15) is 4.79 Å². The first-order valence-electron chi connectivity index (χ1n) is 8.88. The maximum absolute atomic E-state index is 12.2. The molecule has 3 aromatic carbocycles. The summed E-state index contributed by atoms with van der Waals surface area (Å²) in [5.41, 5.74) is 3.55. The number of fused-ring (bicyclic) bond motifs is 3. The predicted molar refractivity (Wildman–Crippen MR) is 110 cm³/mol. The maximum atomic E-state index is 12.2. The fourth-order valence-electron chi connectivity index (χ4n) is 3.37. The van der Waals surface area contributed by atoms with Crippen molar-refractivity contribution in [3.05, 3.63) is 77.3 Å². The van der Waals surface area contributed by atoms with Gasteiger partial charge in [0.25, 0.3) is 0 Å². The summed E-state index contributed by atoms with van der Waals surface area (Å²) in [6.45, 7) is 2.18. The summed E-state index contributed by atoms with van der Waals surface area (Å²) in [4.78, 5) is 17.1. The second kappa shape index (κ2) is 7.37. The van der Waals surface area contributed by atoms with E-state index in [1.807, 2.05) is 55.5 Å². The Balaban J connectivity index is 1.96. The molecule has 1 aromatic heterocycles. The lowest BCUT2D eigenvalue weighted by molar-refractivity contribution is -0.142. The number of benzene rings is 3. The molecule has 0 saturated carbocycles. The molecular weight excluding hydrogens is 358 g/mol. The SMILES string of the molecule is CCOC(=O)Cc1cc(-c2ccc(Cl)cc2)nc2ccc3ccccc3c12. The molecule has 0 bridgehead atoms. The van der Waals surface area contributed by atoms with Gasteiger partial charge in [-0.3, -0.25) is 4.79 Å². The summed E-state index contributed by atoms with van der Waals surface area (Å²) < 4.78 is 5.19. The maximum Gasteiger partial charge on any atom is 0.310 e. The van der Waals surface area contributed by atoms with Crippen LogP contribution in [-0.4, -0.2) is 17.6 Å². The molecule has 0 atom stereocenters. The zero-order chi connectivity index (χ0) is 18.8. The molecule has 0 aliphatic rings. The first kappa shape index (κ1) is 17.5. The van der Waals surface area contributed by atoms with Gasteiger partial charge in [-0.15, -0.1) is 0 Å². The summed E-state index contributed by atoms with van der Waals surface area (Å²) in [5, 5.41) is 3.89. The topological polar surface area (TPSA) is 39.2 Å². The van der Waals surface area contributed by atoms with E-state index in [0.29, 0.717) is 11.6 Å². The van der Waals surface area contributed by atoms with Crippen LogP contribution < -0.4 is 0 Å². The number of hydrogen-bond acceptors (Lipinski definition) is 3. The third kappa shape index (κ3) is 3.51. The van der Waals surface area contributed by atoms with E-state index in [1.54, 1.807) is 0 Å². The fraction of sp³-hybridized carbons (Fsp3) is 0.130. The van der Waals surface area contributed by atoms with Gasteiger partial charge in [0, 0.05) is 16.0 Å². The molecule has 0 fully saturated rings. The van der Waals surface area contributed by atoms with E-state index >= 15 is 0 Å². The molecule has 3 nitrogen and oxygen atoms in total. The second-order valence-electron chi connectivity index (χ2n) is 6.34. The first-order chi connectivity index (χ1) is 13.2. The molecule has 1 heterocycles. The van der Waals surface area contributed by atoms with Crippen molar-refractivity contribution in [2.75, 3.05) is 6.61 Å². The Kier molecular flexibility index (Phi) is 4.78. The van der Waals surface area contributed by atoms with Crippen molar-refractivity contribution in [1.82, 2.24) is 4.98 Å². The number of ether oxygens (including phenoxy) is 1. The van der Waals surface area contributed by atoms with E-state index < -0.39 is 0 Å². The minimum Gasteiger partial charge on any atom is -0.466 e.